The molecule has 0 aliphatic rings. The van der Waals surface area contributed by atoms with Gasteiger partial charge in [0.05, 0.1) is 0 Å². The van der Waals surface area contributed by atoms with Crippen molar-refractivity contribution in [2.24, 2.45) is 5.73 Å². The maximum atomic E-state index is 13.1. The number of rotatable bonds is 10. The number of nitrogens with one attached hydrogen (secondary N) is 1. The lowest BCUT2D eigenvalue weighted by Gasteiger charge is -2.18. The molecule has 6 heteroatoms. The van der Waals surface area contributed by atoms with Gasteiger partial charge in [-0.3, -0.25) is 4.79 Å². The fourth-order valence-corrected chi connectivity index (χ4v) is 2.88. The number of aryl methyl sites for hydroxylation is 1. The molecule has 0 aromatic heterocycles. The third kappa shape index (κ3) is 6.83. The van der Waals surface area contributed by atoms with E-state index in [1.54, 1.807) is 30.3 Å². The second kappa shape index (κ2) is 10.4. The number of nitrogens with two attached hydrogens (primary N) is 1. The molecule has 5 nitrogen and oxygen atoms in total. The average molecular weight is 372 g/mol. The van der Waals surface area contributed by atoms with Gasteiger partial charge in [0.25, 0.3) is 0 Å². The van der Waals surface area contributed by atoms with Crippen molar-refractivity contribution in [3.8, 4) is 0 Å². The lowest BCUT2D eigenvalue weighted by atomic mass is 10.0. The molecular weight excluding hydrogens is 347 g/mol. The molecule has 0 fully saturated rings. The van der Waals surface area contributed by atoms with E-state index < -0.39 is 24.0 Å². The Bertz CT molecular complexity index is 752. The van der Waals surface area contributed by atoms with Gasteiger partial charge in [0.1, 0.15) is 17.9 Å². The highest BCUT2D eigenvalue weighted by Crippen LogP contribution is 2.13. The van der Waals surface area contributed by atoms with Crippen LogP contribution in [0.5, 0.6) is 0 Å². The summed E-state index contributed by atoms with van der Waals surface area (Å²) in [7, 11) is 0. The maximum absolute atomic E-state index is 13.1. The molecule has 0 radical (unpaired) electrons. The minimum Gasteiger partial charge on any atom is -0.480 e. The van der Waals surface area contributed by atoms with Crippen molar-refractivity contribution in [2.75, 3.05) is 0 Å². The van der Waals surface area contributed by atoms with Crippen molar-refractivity contribution in [3.05, 3.63) is 71.5 Å². The standard InChI is InChI=1S/C21H25FN2O3/c22-17-12-7-9-15(14-17)8-3-1-6-13-18(21(26)27)24-20(25)19(23)16-10-4-2-5-11-16/h2,4-5,7,9-12,14,18-19H,1,3,6,8,13,23H2,(H,24,25)(H,26,27)/t18?,19-/m0/s1. The molecule has 0 heterocycles. The van der Waals surface area contributed by atoms with Crippen LogP contribution < -0.4 is 11.1 Å². The van der Waals surface area contributed by atoms with Crippen LogP contribution in [0.15, 0.2) is 54.6 Å². The summed E-state index contributed by atoms with van der Waals surface area (Å²) in [6, 6.07) is 13.4. The van der Waals surface area contributed by atoms with Crippen LogP contribution in [-0.4, -0.2) is 23.0 Å². The Morgan fingerprint density at radius 1 is 1.04 bits per heavy atom. The van der Waals surface area contributed by atoms with E-state index in [4.69, 9.17) is 5.73 Å². The van der Waals surface area contributed by atoms with Crippen molar-refractivity contribution in [2.45, 2.75) is 44.2 Å². The first-order valence-electron chi connectivity index (χ1n) is 9.05. The van der Waals surface area contributed by atoms with Crippen LogP contribution >= 0.6 is 0 Å². The topological polar surface area (TPSA) is 92.4 Å². The van der Waals surface area contributed by atoms with Crippen molar-refractivity contribution >= 4 is 11.9 Å². The van der Waals surface area contributed by atoms with E-state index in [-0.39, 0.29) is 5.82 Å². The molecule has 2 rings (SSSR count). The maximum Gasteiger partial charge on any atom is 0.326 e. The van der Waals surface area contributed by atoms with Crippen LogP contribution in [-0.2, 0) is 16.0 Å². The van der Waals surface area contributed by atoms with Crippen molar-refractivity contribution in [1.29, 1.82) is 0 Å². The summed E-state index contributed by atoms with van der Waals surface area (Å²) in [4.78, 5) is 23.6. The lowest BCUT2D eigenvalue weighted by molar-refractivity contribution is -0.142. The first-order chi connectivity index (χ1) is 13.0. The lowest BCUT2D eigenvalue weighted by Crippen LogP contribution is -2.44. The third-order valence-corrected chi connectivity index (χ3v) is 4.40. The normalized spacial score (nSPS) is 13.0. The van der Waals surface area contributed by atoms with Gasteiger partial charge >= 0.3 is 5.97 Å². The van der Waals surface area contributed by atoms with Gasteiger partial charge in [0, 0.05) is 0 Å². The van der Waals surface area contributed by atoms with Crippen LogP contribution in [0, 0.1) is 5.82 Å². The van der Waals surface area contributed by atoms with Crippen molar-refractivity contribution in [1.82, 2.24) is 5.32 Å². The van der Waals surface area contributed by atoms with Crippen molar-refractivity contribution < 1.29 is 19.1 Å². The fourth-order valence-electron chi connectivity index (χ4n) is 2.88. The van der Waals surface area contributed by atoms with E-state index in [9.17, 15) is 19.1 Å². The SMILES string of the molecule is N[C@H](C(=O)NC(CCCCCc1cccc(F)c1)C(=O)O)c1ccccc1. The monoisotopic (exact) mass is 372 g/mol. The zero-order valence-electron chi connectivity index (χ0n) is 15.1. The summed E-state index contributed by atoms with van der Waals surface area (Å²) in [6.45, 7) is 0. The smallest absolute Gasteiger partial charge is 0.326 e. The molecule has 4 N–H and O–H groups in total. The molecule has 144 valence electrons. The zero-order chi connectivity index (χ0) is 19.6. The van der Waals surface area contributed by atoms with Gasteiger partial charge in [-0.2, -0.15) is 0 Å². The molecule has 27 heavy (non-hydrogen) atoms. The Morgan fingerprint density at radius 3 is 2.44 bits per heavy atom. The fraction of sp³-hybridized carbons (Fsp3) is 0.333. The summed E-state index contributed by atoms with van der Waals surface area (Å²) < 4.78 is 13.1. The van der Waals surface area contributed by atoms with Crippen LogP contribution in [0.3, 0.4) is 0 Å². The number of carboxylic acid groups (broad SMARTS) is 1. The number of amides is 1. The Labute approximate surface area is 158 Å². The quantitative estimate of drug-likeness (QED) is 0.559. The van der Waals surface area contributed by atoms with Gasteiger partial charge in [0.15, 0.2) is 0 Å². The van der Waals surface area contributed by atoms with E-state index in [1.165, 1.54) is 12.1 Å². The summed E-state index contributed by atoms with van der Waals surface area (Å²) in [5, 5.41) is 11.9. The molecule has 0 saturated heterocycles. The number of benzene rings is 2. The zero-order valence-corrected chi connectivity index (χ0v) is 15.1. The second-order valence-corrected chi connectivity index (χ2v) is 6.52. The Hall–Kier alpha value is -2.73. The molecule has 1 amide bonds. The Balaban J connectivity index is 1.76. The van der Waals surface area contributed by atoms with Gasteiger partial charge < -0.3 is 16.2 Å². The second-order valence-electron chi connectivity index (χ2n) is 6.52. The molecule has 2 aromatic rings. The highest BCUT2D eigenvalue weighted by atomic mass is 19.1. The summed E-state index contributed by atoms with van der Waals surface area (Å²) in [5.41, 5.74) is 7.46. The third-order valence-electron chi connectivity index (χ3n) is 4.40. The average Bonchev–Trinajstić information content (AvgIpc) is 2.66. The minimum absolute atomic E-state index is 0.254. The van der Waals surface area contributed by atoms with E-state index in [0.717, 1.165) is 24.8 Å². The molecule has 0 saturated carbocycles. The first kappa shape index (κ1) is 20.6. The largest absolute Gasteiger partial charge is 0.480 e. The number of unbranched alkanes of at least 4 members (excludes halogenated alkanes) is 2. The minimum atomic E-state index is -1.08. The van der Waals surface area contributed by atoms with Gasteiger partial charge in [0.2, 0.25) is 5.91 Å². The summed E-state index contributed by atoms with van der Waals surface area (Å²) in [6.07, 6.45) is 3.33. The molecule has 0 bridgehead atoms. The van der Waals surface area contributed by atoms with E-state index >= 15 is 0 Å². The van der Waals surface area contributed by atoms with Crippen LogP contribution in [0.1, 0.15) is 42.9 Å². The number of hydrogen-bond donors (Lipinski definition) is 3. The molecule has 2 atom stereocenters. The molecule has 2 aromatic carbocycles. The molecule has 1 unspecified atom stereocenters. The summed E-state index contributed by atoms with van der Waals surface area (Å²) in [5.74, 6) is -1.84. The predicted molar refractivity (Wildman–Crippen MR) is 102 cm³/mol. The summed E-state index contributed by atoms with van der Waals surface area (Å²) >= 11 is 0. The Kier molecular flexibility index (Phi) is 7.95. The molecule has 0 aliphatic heterocycles. The molecule has 0 spiro atoms. The van der Waals surface area contributed by atoms with Gasteiger partial charge in [-0.05, 0) is 42.5 Å². The van der Waals surface area contributed by atoms with Gasteiger partial charge in [-0.1, -0.05) is 55.3 Å². The number of carbonyl (C=O) groups excluding carboxylic acids is 1. The Morgan fingerprint density at radius 2 is 1.78 bits per heavy atom. The van der Waals surface area contributed by atoms with Crippen LogP contribution in [0.2, 0.25) is 0 Å². The van der Waals surface area contributed by atoms with Crippen molar-refractivity contribution in [3.63, 3.8) is 0 Å². The number of carboxylic acids is 1. The number of halogens is 1. The predicted octanol–water partition coefficient (Wildman–Crippen LogP) is 3.20. The highest BCUT2D eigenvalue weighted by Gasteiger charge is 2.23. The first-order valence-corrected chi connectivity index (χ1v) is 9.05. The molecular formula is C21H25FN2O3. The van der Waals surface area contributed by atoms with Gasteiger partial charge in [-0.25, -0.2) is 9.18 Å². The van der Waals surface area contributed by atoms with Gasteiger partial charge in [-0.15, -0.1) is 0 Å². The van der Waals surface area contributed by atoms with E-state index in [2.05, 4.69) is 5.32 Å². The van der Waals surface area contributed by atoms with Crippen LogP contribution in [0.25, 0.3) is 0 Å². The number of carbonyl (C=O) groups is 2. The van der Waals surface area contributed by atoms with E-state index in [0.29, 0.717) is 18.4 Å². The number of aliphatic carboxylic acids is 1. The van der Waals surface area contributed by atoms with Crippen LogP contribution in [0.4, 0.5) is 4.39 Å². The molecule has 0 aliphatic carbocycles. The number of hydrogen-bond acceptors (Lipinski definition) is 3. The highest BCUT2D eigenvalue weighted by molar-refractivity contribution is 5.87. The van der Waals surface area contributed by atoms with E-state index in [1.807, 2.05) is 12.1 Å².